The zero-order valence-electron chi connectivity index (χ0n) is 20.1. The molecule has 1 N–H and O–H groups in total. The molecule has 0 atom stereocenters. The standard InChI is InChI=1S/C28H28N4O2S/c1-31(2)19-18-30-35(33,34)27-11-7-8-22(20-27)12-13-26-21-29-32(3)28(26)25-16-14-24(15-17-25)23-9-5-4-6-10-23/h4-11,14-17,20-21,30H,18-19H2,1-3H3. The third kappa shape index (κ3) is 6.06. The lowest BCUT2D eigenvalue weighted by Gasteiger charge is -2.11. The fourth-order valence-corrected chi connectivity index (χ4v) is 4.76. The number of aromatic nitrogens is 2. The van der Waals surface area contributed by atoms with E-state index < -0.39 is 10.0 Å². The maximum atomic E-state index is 12.6. The molecule has 6 nitrogen and oxygen atoms in total. The zero-order chi connectivity index (χ0) is 24.8. The molecule has 1 heterocycles. The summed E-state index contributed by atoms with van der Waals surface area (Å²) >= 11 is 0. The first-order valence-corrected chi connectivity index (χ1v) is 12.8. The van der Waals surface area contributed by atoms with Crippen molar-refractivity contribution in [3.05, 3.63) is 96.2 Å². The van der Waals surface area contributed by atoms with Gasteiger partial charge in [-0.2, -0.15) is 5.10 Å². The van der Waals surface area contributed by atoms with Gasteiger partial charge in [0.05, 0.1) is 22.3 Å². The van der Waals surface area contributed by atoms with E-state index in [4.69, 9.17) is 0 Å². The van der Waals surface area contributed by atoms with Crippen molar-refractivity contribution in [1.82, 2.24) is 19.4 Å². The normalized spacial score (nSPS) is 11.3. The third-order valence-corrected chi connectivity index (χ3v) is 7.00. The molecule has 0 aliphatic heterocycles. The van der Waals surface area contributed by atoms with E-state index in [1.165, 1.54) is 0 Å². The summed E-state index contributed by atoms with van der Waals surface area (Å²) in [6.07, 6.45) is 1.73. The first-order valence-electron chi connectivity index (χ1n) is 11.3. The Morgan fingerprint density at radius 1 is 0.886 bits per heavy atom. The van der Waals surface area contributed by atoms with E-state index in [1.54, 1.807) is 35.1 Å². The van der Waals surface area contributed by atoms with Crippen LogP contribution in [-0.2, 0) is 17.1 Å². The number of benzene rings is 3. The number of sulfonamides is 1. The molecule has 4 rings (SSSR count). The van der Waals surface area contributed by atoms with Crippen molar-refractivity contribution in [2.45, 2.75) is 4.90 Å². The molecule has 0 spiro atoms. The minimum absolute atomic E-state index is 0.200. The van der Waals surface area contributed by atoms with Gasteiger partial charge in [-0.3, -0.25) is 4.68 Å². The molecule has 0 saturated carbocycles. The van der Waals surface area contributed by atoms with Crippen molar-refractivity contribution in [2.24, 2.45) is 7.05 Å². The van der Waals surface area contributed by atoms with E-state index in [0.29, 0.717) is 18.7 Å². The highest BCUT2D eigenvalue weighted by Gasteiger charge is 2.14. The van der Waals surface area contributed by atoms with E-state index >= 15 is 0 Å². The van der Waals surface area contributed by atoms with Crippen molar-refractivity contribution in [3.63, 3.8) is 0 Å². The van der Waals surface area contributed by atoms with Gasteiger partial charge in [0, 0.05) is 31.3 Å². The molecule has 178 valence electrons. The average molecular weight is 485 g/mol. The third-order valence-electron chi connectivity index (χ3n) is 5.54. The van der Waals surface area contributed by atoms with Crippen LogP contribution in [0.15, 0.2) is 90.0 Å². The number of hydrogen-bond donors (Lipinski definition) is 1. The summed E-state index contributed by atoms with van der Waals surface area (Å²) in [6.45, 7) is 0.961. The second-order valence-electron chi connectivity index (χ2n) is 8.45. The van der Waals surface area contributed by atoms with Gasteiger partial charge in [-0.05, 0) is 43.4 Å². The highest BCUT2D eigenvalue weighted by atomic mass is 32.2. The summed E-state index contributed by atoms with van der Waals surface area (Å²) in [5, 5.41) is 4.39. The first kappa shape index (κ1) is 24.4. The molecule has 0 saturated heterocycles. The summed E-state index contributed by atoms with van der Waals surface area (Å²) < 4.78 is 29.7. The molecule has 0 bridgehead atoms. The lowest BCUT2D eigenvalue weighted by molar-refractivity contribution is 0.412. The van der Waals surface area contributed by atoms with Gasteiger partial charge >= 0.3 is 0 Å². The van der Waals surface area contributed by atoms with Crippen LogP contribution in [-0.4, -0.2) is 50.3 Å². The number of aryl methyl sites for hydroxylation is 1. The van der Waals surface area contributed by atoms with Gasteiger partial charge in [-0.15, -0.1) is 0 Å². The minimum atomic E-state index is -3.60. The molecule has 0 unspecified atom stereocenters. The van der Waals surface area contributed by atoms with E-state index in [1.807, 2.05) is 44.2 Å². The molecule has 35 heavy (non-hydrogen) atoms. The number of nitrogens with zero attached hydrogens (tertiary/aromatic N) is 3. The van der Waals surface area contributed by atoms with Crippen LogP contribution in [0.25, 0.3) is 22.4 Å². The lowest BCUT2D eigenvalue weighted by Crippen LogP contribution is -2.31. The molecule has 3 aromatic carbocycles. The van der Waals surface area contributed by atoms with Crippen LogP contribution in [0, 0.1) is 11.8 Å². The molecule has 0 fully saturated rings. The maximum absolute atomic E-state index is 12.6. The van der Waals surface area contributed by atoms with Gasteiger partial charge in [0.15, 0.2) is 0 Å². The van der Waals surface area contributed by atoms with Crippen molar-refractivity contribution in [3.8, 4) is 34.2 Å². The largest absolute Gasteiger partial charge is 0.308 e. The smallest absolute Gasteiger partial charge is 0.240 e. The molecule has 0 aliphatic carbocycles. The van der Waals surface area contributed by atoms with Crippen LogP contribution in [0.1, 0.15) is 11.1 Å². The van der Waals surface area contributed by atoms with Crippen molar-refractivity contribution in [2.75, 3.05) is 27.2 Å². The number of hydrogen-bond acceptors (Lipinski definition) is 4. The topological polar surface area (TPSA) is 67.2 Å². The van der Waals surface area contributed by atoms with Crippen LogP contribution < -0.4 is 4.72 Å². The Morgan fingerprint density at radius 2 is 1.57 bits per heavy atom. The molecular formula is C28H28N4O2S. The monoisotopic (exact) mass is 484 g/mol. The molecule has 0 aliphatic rings. The van der Waals surface area contributed by atoms with Gasteiger partial charge < -0.3 is 4.90 Å². The Bertz CT molecular complexity index is 1460. The highest BCUT2D eigenvalue weighted by Crippen LogP contribution is 2.26. The Balaban J connectivity index is 1.58. The van der Waals surface area contributed by atoms with Gasteiger partial charge in [0.25, 0.3) is 0 Å². The summed E-state index contributed by atoms with van der Waals surface area (Å²) in [5.41, 5.74) is 5.62. The molecule has 0 amide bonds. The number of likely N-dealkylation sites (N-methyl/N-ethyl adjacent to an activating group) is 1. The Kier molecular flexibility index (Phi) is 7.47. The second kappa shape index (κ2) is 10.7. The van der Waals surface area contributed by atoms with Crippen molar-refractivity contribution in [1.29, 1.82) is 0 Å². The summed E-state index contributed by atoms with van der Waals surface area (Å²) in [7, 11) is 2.09. The Morgan fingerprint density at radius 3 is 2.29 bits per heavy atom. The zero-order valence-corrected chi connectivity index (χ0v) is 20.9. The lowest BCUT2D eigenvalue weighted by atomic mass is 10.0. The maximum Gasteiger partial charge on any atom is 0.240 e. The van der Waals surface area contributed by atoms with E-state index in [-0.39, 0.29) is 4.90 Å². The molecule has 7 heteroatoms. The Labute approximate surface area is 207 Å². The second-order valence-corrected chi connectivity index (χ2v) is 10.2. The van der Waals surface area contributed by atoms with Crippen LogP contribution in [0.3, 0.4) is 0 Å². The molecule has 4 aromatic rings. The molecular weight excluding hydrogens is 456 g/mol. The van der Waals surface area contributed by atoms with Gasteiger partial charge in [-0.1, -0.05) is 72.5 Å². The average Bonchev–Trinajstić information content (AvgIpc) is 3.23. The Hall–Kier alpha value is -3.70. The van der Waals surface area contributed by atoms with E-state index in [0.717, 1.165) is 27.9 Å². The van der Waals surface area contributed by atoms with Gasteiger partial charge in [0.1, 0.15) is 0 Å². The fourth-order valence-electron chi connectivity index (χ4n) is 3.69. The number of nitrogens with one attached hydrogen (secondary N) is 1. The predicted molar refractivity (Wildman–Crippen MR) is 140 cm³/mol. The fraction of sp³-hybridized carbons (Fsp3) is 0.179. The van der Waals surface area contributed by atoms with Crippen molar-refractivity contribution < 1.29 is 8.42 Å². The van der Waals surface area contributed by atoms with Gasteiger partial charge in [0.2, 0.25) is 10.0 Å². The van der Waals surface area contributed by atoms with Crippen LogP contribution >= 0.6 is 0 Å². The summed E-state index contributed by atoms with van der Waals surface area (Å²) in [4.78, 5) is 2.12. The molecule has 0 radical (unpaired) electrons. The predicted octanol–water partition coefficient (Wildman–Crippen LogP) is 3.99. The van der Waals surface area contributed by atoms with Crippen molar-refractivity contribution >= 4 is 10.0 Å². The van der Waals surface area contributed by atoms with Gasteiger partial charge in [-0.25, -0.2) is 13.1 Å². The molecule has 1 aromatic heterocycles. The summed E-state index contributed by atoms with van der Waals surface area (Å²) in [6, 6.07) is 25.2. The summed E-state index contributed by atoms with van der Waals surface area (Å²) in [5.74, 6) is 6.28. The first-order chi connectivity index (χ1) is 16.8. The van der Waals surface area contributed by atoms with Crippen LogP contribution in [0.4, 0.5) is 0 Å². The number of rotatable bonds is 7. The van der Waals surface area contributed by atoms with Crippen LogP contribution in [0.2, 0.25) is 0 Å². The SMILES string of the molecule is CN(C)CCNS(=O)(=O)c1cccc(C#Cc2cnn(C)c2-c2ccc(-c3ccccc3)cc2)c1. The van der Waals surface area contributed by atoms with E-state index in [9.17, 15) is 8.42 Å². The van der Waals surface area contributed by atoms with Crippen LogP contribution in [0.5, 0.6) is 0 Å². The quantitative estimate of drug-likeness (QED) is 0.403. The minimum Gasteiger partial charge on any atom is -0.308 e. The highest BCUT2D eigenvalue weighted by molar-refractivity contribution is 7.89. The van der Waals surface area contributed by atoms with E-state index in [2.05, 4.69) is 58.1 Å².